The smallest absolute Gasteiger partial charge is 0.407 e. The predicted octanol–water partition coefficient (Wildman–Crippen LogP) is 4.20. The number of likely N-dealkylation sites (tertiary alicyclic amines) is 1. The first-order chi connectivity index (χ1) is 10.2. The van der Waals surface area contributed by atoms with Crippen LogP contribution in [0.25, 0.3) is 0 Å². The van der Waals surface area contributed by atoms with Crippen LogP contribution in [0.2, 0.25) is 5.02 Å². The highest BCUT2D eigenvalue weighted by Gasteiger charge is 2.26. The molecule has 0 spiro atoms. The van der Waals surface area contributed by atoms with Crippen LogP contribution in [-0.2, 0) is 11.3 Å². The van der Waals surface area contributed by atoms with Gasteiger partial charge in [-0.05, 0) is 51.0 Å². The van der Waals surface area contributed by atoms with E-state index in [0.29, 0.717) is 0 Å². The molecule has 4 nitrogen and oxygen atoms in total. The summed E-state index contributed by atoms with van der Waals surface area (Å²) in [6, 6.07) is 5.99. The minimum atomic E-state index is -0.466. The standard InChI is InChI=1S/C16H22BrClN2O2/c1-16(2,3)22-15(21)19-13-6-7-20(10-13)9-11-8-12(17)4-5-14(11)18/h4-5,8,13H,6-7,9-10H2,1-3H3,(H,19,21). The van der Waals surface area contributed by atoms with Crippen molar-refractivity contribution in [2.75, 3.05) is 13.1 Å². The molecule has 22 heavy (non-hydrogen) atoms. The monoisotopic (exact) mass is 388 g/mol. The van der Waals surface area contributed by atoms with Crippen molar-refractivity contribution in [2.45, 2.75) is 45.4 Å². The number of ether oxygens (including phenoxy) is 1. The zero-order chi connectivity index (χ0) is 16.3. The van der Waals surface area contributed by atoms with Crippen molar-refractivity contribution < 1.29 is 9.53 Å². The van der Waals surface area contributed by atoms with Crippen LogP contribution in [0.15, 0.2) is 22.7 Å². The van der Waals surface area contributed by atoms with Gasteiger partial charge in [0.1, 0.15) is 5.60 Å². The van der Waals surface area contributed by atoms with Crippen LogP contribution in [0.3, 0.4) is 0 Å². The molecule has 1 unspecified atom stereocenters. The molecule has 122 valence electrons. The fraction of sp³-hybridized carbons (Fsp3) is 0.562. The number of carbonyl (C=O) groups is 1. The largest absolute Gasteiger partial charge is 0.444 e. The van der Waals surface area contributed by atoms with Gasteiger partial charge in [0.25, 0.3) is 0 Å². The van der Waals surface area contributed by atoms with Crippen molar-refractivity contribution in [2.24, 2.45) is 0 Å². The van der Waals surface area contributed by atoms with E-state index < -0.39 is 5.60 Å². The van der Waals surface area contributed by atoms with Gasteiger partial charge in [0, 0.05) is 35.2 Å². The number of carbonyl (C=O) groups excluding carboxylic acids is 1. The van der Waals surface area contributed by atoms with Crippen molar-refractivity contribution in [3.05, 3.63) is 33.3 Å². The Morgan fingerprint density at radius 3 is 2.91 bits per heavy atom. The van der Waals surface area contributed by atoms with E-state index in [9.17, 15) is 4.79 Å². The number of hydrogen-bond donors (Lipinski definition) is 1. The maximum atomic E-state index is 11.8. The number of alkyl carbamates (subject to hydrolysis) is 1. The maximum Gasteiger partial charge on any atom is 0.407 e. The van der Waals surface area contributed by atoms with Crippen LogP contribution < -0.4 is 5.32 Å². The van der Waals surface area contributed by atoms with E-state index in [0.717, 1.165) is 41.1 Å². The van der Waals surface area contributed by atoms with Gasteiger partial charge in [-0.1, -0.05) is 27.5 Å². The lowest BCUT2D eigenvalue weighted by Crippen LogP contribution is -2.40. The summed E-state index contributed by atoms with van der Waals surface area (Å²) >= 11 is 9.70. The molecule has 2 rings (SSSR count). The van der Waals surface area contributed by atoms with Crippen molar-refractivity contribution in [3.63, 3.8) is 0 Å². The van der Waals surface area contributed by atoms with Gasteiger partial charge in [-0.25, -0.2) is 4.79 Å². The van der Waals surface area contributed by atoms with E-state index in [1.54, 1.807) is 0 Å². The number of nitrogens with zero attached hydrogens (tertiary/aromatic N) is 1. The molecule has 1 aliphatic rings. The highest BCUT2D eigenvalue weighted by atomic mass is 79.9. The number of halogens is 2. The number of nitrogens with one attached hydrogen (secondary N) is 1. The van der Waals surface area contributed by atoms with E-state index in [1.807, 2.05) is 39.0 Å². The fourth-order valence-electron chi connectivity index (χ4n) is 2.47. The van der Waals surface area contributed by atoms with E-state index in [1.165, 1.54) is 0 Å². The van der Waals surface area contributed by atoms with Crippen LogP contribution in [0, 0.1) is 0 Å². The first-order valence-electron chi connectivity index (χ1n) is 7.39. The molecule has 1 aromatic rings. The Bertz CT molecular complexity index is 545. The van der Waals surface area contributed by atoms with Crippen molar-refractivity contribution in [1.82, 2.24) is 10.2 Å². The van der Waals surface area contributed by atoms with Gasteiger partial charge in [0.2, 0.25) is 0 Å². The normalized spacial score (nSPS) is 19.2. The first-order valence-corrected chi connectivity index (χ1v) is 8.56. The molecule has 1 fully saturated rings. The number of amides is 1. The molecule has 0 aliphatic carbocycles. The van der Waals surface area contributed by atoms with Gasteiger partial charge in [-0.2, -0.15) is 0 Å². The molecule has 0 bridgehead atoms. The van der Waals surface area contributed by atoms with E-state index in [2.05, 4.69) is 26.1 Å². The lowest BCUT2D eigenvalue weighted by molar-refractivity contribution is 0.0506. The SMILES string of the molecule is CC(C)(C)OC(=O)NC1CCN(Cc2cc(Br)ccc2Cl)C1. The molecule has 1 aliphatic heterocycles. The van der Waals surface area contributed by atoms with Crippen LogP contribution in [0.5, 0.6) is 0 Å². The molecule has 1 amide bonds. The molecule has 1 atom stereocenters. The zero-order valence-electron chi connectivity index (χ0n) is 13.2. The molecule has 0 aromatic heterocycles. The highest BCUT2D eigenvalue weighted by Crippen LogP contribution is 2.24. The number of hydrogen-bond acceptors (Lipinski definition) is 3. The fourth-order valence-corrected chi connectivity index (χ4v) is 3.06. The average molecular weight is 390 g/mol. The van der Waals surface area contributed by atoms with Crippen molar-refractivity contribution >= 4 is 33.6 Å². The maximum absolute atomic E-state index is 11.8. The van der Waals surface area contributed by atoms with Crippen LogP contribution in [0.4, 0.5) is 4.79 Å². The molecular formula is C16H22BrClN2O2. The third-order valence-corrected chi connectivity index (χ3v) is 4.26. The summed E-state index contributed by atoms with van der Waals surface area (Å²) in [5.74, 6) is 0. The van der Waals surface area contributed by atoms with Gasteiger partial charge in [-0.3, -0.25) is 4.90 Å². The third kappa shape index (κ3) is 5.45. The van der Waals surface area contributed by atoms with Crippen molar-refractivity contribution in [1.29, 1.82) is 0 Å². The average Bonchev–Trinajstić information content (AvgIpc) is 2.78. The summed E-state index contributed by atoms with van der Waals surface area (Å²) < 4.78 is 6.31. The van der Waals surface area contributed by atoms with Crippen LogP contribution in [0.1, 0.15) is 32.8 Å². The highest BCUT2D eigenvalue weighted by molar-refractivity contribution is 9.10. The van der Waals surface area contributed by atoms with Gasteiger partial charge in [0.05, 0.1) is 0 Å². The van der Waals surface area contributed by atoms with E-state index in [-0.39, 0.29) is 12.1 Å². The molecule has 1 aromatic carbocycles. The van der Waals surface area contributed by atoms with Crippen molar-refractivity contribution in [3.8, 4) is 0 Å². The molecule has 1 N–H and O–H groups in total. The Morgan fingerprint density at radius 1 is 1.50 bits per heavy atom. The number of benzene rings is 1. The number of rotatable bonds is 3. The molecule has 6 heteroatoms. The van der Waals surface area contributed by atoms with E-state index in [4.69, 9.17) is 16.3 Å². The minimum absolute atomic E-state index is 0.126. The van der Waals surface area contributed by atoms with Crippen LogP contribution >= 0.6 is 27.5 Å². The molecular weight excluding hydrogens is 368 g/mol. The second-order valence-corrected chi connectivity index (χ2v) is 7.93. The summed E-state index contributed by atoms with van der Waals surface area (Å²) in [4.78, 5) is 14.1. The first kappa shape index (κ1) is 17.6. The van der Waals surface area contributed by atoms with Gasteiger partial charge >= 0.3 is 6.09 Å². The zero-order valence-corrected chi connectivity index (χ0v) is 15.5. The summed E-state index contributed by atoms with van der Waals surface area (Å²) in [6.45, 7) is 8.12. The van der Waals surface area contributed by atoms with Gasteiger partial charge in [0.15, 0.2) is 0 Å². The summed E-state index contributed by atoms with van der Waals surface area (Å²) in [5.41, 5.74) is 0.626. The topological polar surface area (TPSA) is 41.6 Å². The Labute approximate surface area is 145 Å². The third-order valence-electron chi connectivity index (χ3n) is 3.39. The second-order valence-electron chi connectivity index (χ2n) is 6.60. The Hall–Kier alpha value is -0.780. The molecule has 1 saturated heterocycles. The quantitative estimate of drug-likeness (QED) is 0.842. The molecule has 1 heterocycles. The minimum Gasteiger partial charge on any atom is -0.444 e. The van der Waals surface area contributed by atoms with Gasteiger partial charge < -0.3 is 10.1 Å². The predicted molar refractivity (Wildman–Crippen MR) is 92.2 cm³/mol. The molecule has 0 saturated carbocycles. The Morgan fingerprint density at radius 2 is 2.23 bits per heavy atom. The summed E-state index contributed by atoms with van der Waals surface area (Å²) in [7, 11) is 0. The Kier molecular flexibility index (Phi) is 5.75. The van der Waals surface area contributed by atoms with E-state index >= 15 is 0 Å². The van der Waals surface area contributed by atoms with Gasteiger partial charge in [-0.15, -0.1) is 0 Å². The second kappa shape index (κ2) is 7.20. The van der Waals surface area contributed by atoms with Crippen LogP contribution in [-0.4, -0.2) is 35.7 Å². The lowest BCUT2D eigenvalue weighted by atomic mass is 10.2. The summed E-state index contributed by atoms with van der Waals surface area (Å²) in [6.07, 6.45) is 0.574. The lowest BCUT2D eigenvalue weighted by Gasteiger charge is -2.22. The Balaban J connectivity index is 1.85. The summed E-state index contributed by atoms with van der Waals surface area (Å²) in [5, 5.41) is 3.70. The molecule has 0 radical (unpaired) electrons.